The molecule has 0 radical (unpaired) electrons. The third-order valence-corrected chi connectivity index (χ3v) is 3.68. The van der Waals surface area contributed by atoms with E-state index >= 15 is 0 Å². The van der Waals surface area contributed by atoms with Gasteiger partial charge in [0.1, 0.15) is 5.69 Å². The number of amides is 1. The zero-order valence-corrected chi connectivity index (χ0v) is 12.1. The third kappa shape index (κ3) is 2.80. The van der Waals surface area contributed by atoms with E-state index in [1.807, 2.05) is 32.0 Å². The summed E-state index contributed by atoms with van der Waals surface area (Å²) in [6.07, 6.45) is 2.01. The Kier molecular flexibility index (Phi) is 3.47. The monoisotopic (exact) mass is 286 g/mol. The Balaban J connectivity index is 1.93. The van der Waals surface area contributed by atoms with Gasteiger partial charge in [-0.25, -0.2) is 0 Å². The molecule has 0 atom stereocenters. The Morgan fingerprint density at radius 3 is 2.71 bits per heavy atom. The number of carbonyl (C=O) groups excluding carboxylic acids is 1. The van der Waals surface area contributed by atoms with Crippen molar-refractivity contribution in [3.05, 3.63) is 40.7 Å². The molecule has 2 aromatic rings. The Morgan fingerprint density at radius 2 is 2.10 bits per heavy atom. The summed E-state index contributed by atoms with van der Waals surface area (Å²) in [5.74, 6) is -0.267. The second-order valence-corrected chi connectivity index (χ2v) is 5.46. The Labute approximate surface area is 122 Å². The normalized spacial score (nSPS) is 14.2. The molecule has 1 fully saturated rings. The highest BCUT2D eigenvalue weighted by molar-refractivity contribution is 5.93. The fraction of sp³-hybridized carbons (Fsp3) is 0.400. The van der Waals surface area contributed by atoms with Crippen molar-refractivity contribution in [2.75, 3.05) is 0 Å². The van der Waals surface area contributed by atoms with Crippen molar-refractivity contribution in [1.29, 1.82) is 0 Å². The molecule has 0 spiro atoms. The van der Waals surface area contributed by atoms with Gasteiger partial charge >= 0.3 is 0 Å². The quantitative estimate of drug-likeness (QED) is 0.887. The minimum Gasteiger partial charge on any atom is -0.390 e. The fourth-order valence-electron chi connectivity index (χ4n) is 2.07. The Hall–Kier alpha value is -2.21. The highest BCUT2D eigenvalue weighted by Crippen LogP contribution is 2.20. The first-order chi connectivity index (χ1) is 10.1. The molecule has 0 saturated heterocycles. The van der Waals surface area contributed by atoms with Crippen LogP contribution < -0.4 is 5.32 Å². The number of nitrogens with zero attached hydrogens (tertiary/aromatic N) is 3. The van der Waals surface area contributed by atoms with E-state index in [9.17, 15) is 9.90 Å². The summed E-state index contributed by atoms with van der Waals surface area (Å²) in [7, 11) is 0. The van der Waals surface area contributed by atoms with Crippen LogP contribution in [0, 0.1) is 13.8 Å². The highest BCUT2D eigenvalue weighted by atomic mass is 16.3. The second kappa shape index (κ2) is 5.29. The fourth-order valence-corrected chi connectivity index (χ4v) is 2.07. The lowest BCUT2D eigenvalue weighted by atomic mass is 10.1. The predicted molar refractivity (Wildman–Crippen MR) is 77.2 cm³/mol. The van der Waals surface area contributed by atoms with Crippen LogP contribution in [0.5, 0.6) is 0 Å². The number of nitrogens with one attached hydrogen (secondary N) is 1. The molecule has 1 aliphatic rings. The molecule has 2 N–H and O–H groups in total. The van der Waals surface area contributed by atoms with E-state index in [0.717, 1.165) is 24.1 Å². The van der Waals surface area contributed by atoms with Gasteiger partial charge < -0.3 is 10.4 Å². The van der Waals surface area contributed by atoms with Crippen molar-refractivity contribution in [3.63, 3.8) is 0 Å². The molecule has 0 bridgehead atoms. The van der Waals surface area contributed by atoms with Crippen molar-refractivity contribution in [1.82, 2.24) is 20.3 Å². The molecule has 1 saturated carbocycles. The van der Waals surface area contributed by atoms with Crippen LogP contribution in [0.2, 0.25) is 0 Å². The van der Waals surface area contributed by atoms with E-state index in [4.69, 9.17) is 0 Å². The number of aryl methyl sites for hydroxylation is 2. The Morgan fingerprint density at radius 1 is 1.33 bits per heavy atom. The molecule has 21 heavy (non-hydrogen) atoms. The summed E-state index contributed by atoms with van der Waals surface area (Å²) in [6, 6.07) is 6.08. The van der Waals surface area contributed by atoms with Gasteiger partial charge in [0.25, 0.3) is 5.91 Å². The first-order valence-electron chi connectivity index (χ1n) is 7.04. The summed E-state index contributed by atoms with van der Waals surface area (Å²) in [5.41, 5.74) is 3.58. The van der Waals surface area contributed by atoms with E-state index in [0.29, 0.717) is 5.69 Å². The summed E-state index contributed by atoms with van der Waals surface area (Å²) < 4.78 is 0. The average molecular weight is 286 g/mol. The van der Waals surface area contributed by atoms with Crippen molar-refractivity contribution in [2.45, 2.75) is 39.3 Å². The van der Waals surface area contributed by atoms with Gasteiger partial charge in [0.2, 0.25) is 0 Å². The van der Waals surface area contributed by atoms with Crippen LogP contribution in [0.3, 0.4) is 0 Å². The first-order valence-corrected chi connectivity index (χ1v) is 7.04. The molecular formula is C15H18N4O2. The maximum atomic E-state index is 12.1. The number of aliphatic hydroxyl groups excluding tert-OH is 1. The van der Waals surface area contributed by atoms with Gasteiger partial charge in [-0.15, -0.1) is 10.2 Å². The maximum absolute atomic E-state index is 12.1. The number of aliphatic hydroxyl groups is 1. The van der Waals surface area contributed by atoms with Crippen molar-refractivity contribution in [3.8, 4) is 5.69 Å². The summed E-state index contributed by atoms with van der Waals surface area (Å²) in [5, 5.41) is 20.7. The van der Waals surface area contributed by atoms with Gasteiger partial charge in [-0.3, -0.25) is 4.79 Å². The van der Waals surface area contributed by atoms with Crippen molar-refractivity contribution >= 4 is 5.91 Å². The third-order valence-electron chi connectivity index (χ3n) is 3.68. The molecule has 6 heteroatoms. The lowest BCUT2D eigenvalue weighted by Crippen LogP contribution is -2.26. The smallest absolute Gasteiger partial charge is 0.274 e. The van der Waals surface area contributed by atoms with E-state index < -0.39 is 0 Å². The minimum atomic E-state index is -0.307. The zero-order valence-electron chi connectivity index (χ0n) is 12.1. The van der Waals surface area contributed by atoms with Crippen LogP contribution in [0.1, 0.15) is 40.2 Å². The maximum Gasteiger partial charge on any atom is 0.274 e. The predicted octanol–water partition coefficient (Wildman–Crippen LogP) is 1.27. The molecule has 1 aromatic carbocycles. The number of aromatic nitrogens is 3. The molecule has 6 nitrogen and oxygen atoms in total. The molecule has 3 rings (SSSR count). The molecular weight excluding hydrogens is 268 g/mol. The van der Waals surface area contributed by atoms with Crippen LogP contribution in [0.4, 0.5) is 0 Å². The average Bonchev–Trinajstić information content (AvgIpc) is 3.17. The van der Waals surface area contributed by atoms with E-state index in [2.05, 4.69) is 15.5 Å². The highest BCUT2D eigenvalue weighted by Gasteiger charge is 2.27. The van der Waals surface area contributed by atoms with Crippen molar-refractivity contribution < 1.29 is 9.90 Å². The summed E-state index contributed by atoms with van der Waals surface area (Å²) in [6.45, 7) is 3.73. The SMILES string of the molecule is Cc1ccc(-n2nc(CO)c(C(=O)NC3CC3)n2)cc1C. The number of hydrogen-bond acceptors (Lipinski definition) is 4. The van der Waals surface area contributed by atoms with Crippen LogP contribution in [0.25, 0.3) is 5.69 Å². The number of rotatable bonds is 4. The number of carbonyl (C=O) groups is 1. The van der Waals surface area contributed by atoms with Gasteiger partial charge in [-0.1, -0.05) is 6.07 Å². The van der Waals surface area contributed by atoms with Crippen LogP contribution in [-0.2, 0) is 6.61 Å². The van der Waals surface area contributed by atoms with Crippen molar-refractivity contribution in [2.24, 2.45) is 0 Å². The lowest BCUT2D eigenvalue weighted by molar-refractivity contribution is 0.0942. The minimum absolute atomic E-state index is 0.197. The van der Waals surface area contributed by atoms with E-state index in [1.54, 1.807) is 0 Å². The second-order valence-electron chi connectivity index (χ2n) is 5.46. The Bertz CT molecular complexity index is 689. The van der Waals surface area contributed by atoms with Gasteiger partial charge in [-0.2, -0.15) is 4.80 Å². The molecule has 0 unspecified atom stereocenters. The van der Waals surface area contributed by atoms with Gasteiger partial charge in [-0.05, 0) is 49.9 Å². The lowest BCUT2D eigenvalue weighted by Gasteiger charge is -2.03. The number of benzene rings is 1. The summed E-state index contributed by atoms with van der Waals surface area (Å²) >= 11 is 0. The zero-order chi connectivity index (χ0) is 15.0. The molecule has 0 aliphatic heterocycles. The largest absolute Gasteiger partial charge is 0.390 e. The molecule has 1 amide bonds. The number of hydrogen-bond donors (Lipinski definition) is 2. The topological polar surface area (TPSA) is 80.0 Å². The van der Waals surface area contributed by atoms with Crippen LogP contribution in [0.15, 0.2) is 18.2 Å². The van der Waals surface area contributed by atoms with E-state index in [-0.39, 0.29) is 24.2 Å². The van der Waals surface area contributed by atoms with E-state index in [1.165, 1.54) is 10.4 Å². The van der Waals surface area contributed by atoms with Crippen LogP contribution >= 0.6 is 0 Å². The molecule has 1 heterocycles. The standard InChI is InChI=1S/C15H18N4O2/c1-9-3-6-12(7-10(9)2)19-17-13(8-20)14(18-19)15(21)16-11-4-5-11/h3,6-7,11,20H,4-5,8H2,1-2H3,(H,16,21). The van der Waals surface area contributed by atoms with Crippen LogP contribution in [-0.4, -0.2) is 32.0 Å². The first kappa shape index (κ1) is 13.8. The molecule has 110 valence electrons. The summed E-state index contributed by atoms with van der Waals surface area (Å²) in [4.78, 5) is 13.5. The van der Waals surface area contributed by atoms with Gasteiger partial charge in [0.15, 0.2) is 5.69 Å². The molecule has 1 aromatic heterocycles. The van der Waals surface area contributed by atoms with Gasteiger partial charge in [0, 0.05) is 6.04 Å². The van der Waals surface area contributed by atoms with Gasteiger partial charge in [0.05, 0.1) is 12.3 Å². The molecule has 1 aliphatic carbocycles.